The summed E-state index contributed by atoms with van der Waals surface area (Å²) in [4.78, 5) is 2.56. The molecule has 1 atom stereocenters. The molecule has 2 heterocycles. The molecule has 0 spiro atoms. The first-order valence-electron chi connectivity index (χ1n) is 7.95. The number of para-hydroxylation sites is 2. The van der Waals surface area contributed by atoms with Crippen LogP contribution in [0, 0.1) is 5.92 Å². The van der Waals surface area contributed by atoms with Gasteiger partial charge in [-0.05, 0) is 37.3 Å². The van der Waals surface area contributed by atoms with Gasteiger partial charge in [-0.1, -0.05) is 12.1 Å². The van der Waals surface area contributed by atoms with Crippen LogP contribution in [0.4, 0.5) is 0 Å². The van der Waals surface area contributed by atoms with Crippen molar-refractivity contribution in [3.8, 4) is 11.5 Å². The van der Waals surface area contributed by atoms with Gasteiger partial charge in [0, 0.05) is 26.2 Å². The van der Waals surface area contributed by atoms with Crippen LogP contribution in [0.3, 0.4) is 0 Å². The van der Waals surface area contributed by atoms with Crippen molar-refractivity contribution in [2.45, 2.75) is 25.4 Å². The summed E-state index contributed by atoms with van der Waals surface area (Å²) in [5.41, 5.74) is 0. The fourth-order valence-corrected chi connectivity index (χ4v) is 3.20. The molecule has 0 unspecified atom stereocenters. The first-order chi connectivity index (χ1) is 10.3. The maximum atomic E-state index is 6.12. The van der Waals surface area contributed by atoms with Gasteiger partial charge in [0.25, 0.3) is 0 Å². The van der Waals surface area contributed by atoms with Gasteiger partial charge >= 0.3 is 0 Å². The molecule has 4 nitrogen and oxygen atoms in total. The molecule has 1 aromatic rings. The van der Waals surface area contributed by atoms with Crippen molar-refractivity contribution < 1.29 is 14.2 Å². The van der Waals surface area contributed by atoms with Crippen LogP contribution >= 0.6 is 0 Å². The van der Waals surface area contributed by atoms with E-state index in [9.17, 15) is 0 Å². The molecule has 1 aromatic carbocycles. The molecule has 0 amide bonds. The van der Waals surface area contributed by atoms with Crippen LogP contribution in [0.1, 0.15) is 19.3 Å². The summed E-state index contributed by atoms with van der Waals surface area (Å²) in [6, 6.07) is 7.90. The molecule has 0 radical (unpaired) electrons. The van der Waals surface area contributed by atoms with Crippen LogP contribution in [0.25, 0.3) is 0 Å². The van der Waals surface area contributed by atoms with Crippen molar-refractivity contribution in [3.05, 3.63) is 24.3 Å². The third-order valence-electron chi connectivity index (χ3n) is 4.44. The molecule has 0 aliphatic carbocycles. The van der Waals surface area contributed by atoms with Gasteiger partial charge in [-0.2, -0.15) is 0 Å². The Morgan fingerprint density at radius 3 is 2.57 bits per heavy atom. The first-order valence-corrected chi connectivity index (χ1v) is 7.95. The van der Waals surface area contributed by atoms with Crippen LogP contribution in [0.5, 0.6) is 11.5 Å². The van der Waals surface area contributed by atoms with Crippen LogP contribution in [0.2, 0.25) is 0 Å². The van der Waals surface area contributed by atoms with Crippen molar-refractivity contribution >= 4 is 0 Å². The zero-order chi connectivity index (χ0) is 14.5. The van der Waals surface area contributed by atoms with Crippen LogP contribution in [-0.4, -0.2) is 51.0 Å². The SMILES string of the molecule is COc1ccccc1OC1CCN(C[C@@H]2CCOC2)CC1. The second kappa shape index (κ2) is 7.14. The Bertz CT molecular complexity index is 437. The number of rotatable bonds is 5. The summed E-state index contributed by atoms with van der Waals surface area (Å²) < 4.78 is 16.9. The van der Waals surface area contributed by atoms with E-state index < -0.39 is 0 Å². The van der Waals surface area contributed by atoms with E-state index >= 15 is 0 Å². The zero-order valence-electron chi connectivity index (χ0n) is 12.8. The Labute approximate surface area is 127 Å². The van der Waals surface area contributed by atoms with Crippen LogP contribution in [0.15, 0.2) is 24.3 Å². The zero-order valence-corrected chi connectivity index (χ0v) is 12.8. The molecular formula is C17H25NO3. The van der Waals surface area contributed by atoms with Gasteiger partial charge in [0.15, 0.2) is 11.5 Å². The van der Waals surface area contributed by atoms with Crippen LogP contribution < -0.4 is 9.47 Å². The number of piperidine rings is 1. The van der Waals surface area contributed by atoms with Gasteiger partial charge < -0.3 is 19.1 Å². The predicted octanol–water partition coefficient (Wildman–Crippen LogP) is 2.57. The smallest absolute Gasteiger partial charge is 0.161 e. The van der Waals surface area contributed by atoms with Gasteiger partial charge in [-0.15, -0.1) is 0 Å². The minimum absolute atomic E-state index is 0.303. The van der Waals surface area contributed by atoms with Crippen molar-refractivity contribution in [2.24, 2.45) is 5.92 Å². The van der Waals surface area contributed by atoms with E-state index in [1.807, 2.05) is 24.3 Å². The molecule has 0 bridgehead atoms. The second-order valence-electron chi connectivity index (χ2n) is 6.00. The lowest BCUT2D eigenvalue weighted by molar-refractivity contribution is 0.0860. The largest absolute Gasteiger partial charge is 0.493 e. The van der Waals surface area contributed by atoms with Gasteiger partial charge in [0.1, 0.15) is 6.10 Å². The van der Waals surface area contributed by atoms with Gasteiger partial charge in [0.2, 0.25) is 0 Å². The van der Waals surface area contributed by atoms with E-state index in [1.54, 1.807) is 7.11 Å². The number of likely N-dealkylation sites (tertiary alicyclic amines) is 1. The van der Waals surface area contributed by atoms with E-state index in [1.165, 1.54) is 13.0 Å². The average Bonchev–Trinajstić information content (AvgIpc) is 3.03. The fourth-order valence-electron chi connectivity index (χ4n) is 3.20. The molecule has 2 aliphatic rings. The van der Waals surface area contributed by atoms with Crippen molar-refractivity contribution in [1.82, 2.24) is 4.90 Å². The van der Waals surface area contributed by atoms with E-state index in [-0.39, 0.29) is 0 Å². The Hall–Kier alpha value is -1.26. The maximum absolute atomic E-state index is 6.12. The highest BCUT2D eigenvalue weighted by molar-refractivity contribution is 5.39. The standard InChI is InChI=1S/C17H25NO3/c1-19-16-4-2-3-5-17(16)21-15-6-9-18(10-7-15)12-14-8-11-20-13-14/h2-5,14-15H,6-13H2,1H3/t14-/m0/s1. The molecule has 0 aromatic heterocycles. The second-order valence-corrected chi connectivity index (χ2v) is 6.00. The summed E-state index contributed by atoms with van der Waals surface area (Å²) in [6.45, 7) is 5.31. The van der Waals surface area contributed by atoms with Crippen molar-refractivity contribution in [2.75, 3.05) is 40.0 Å². The average molecular weight is 291 g/mol. The quantitative estimate of drug-likeness (QED) is 0.834. The lowest BCUT2D eigenvalue weighted by atomic mass is 10.0. The lowest BCUT2D eigenvalue weighted by Crippen LogP contribution is -2.40. The number of hydrogen-bond acceptors (Lipinski definition) is 4. The van der Waals surface area contributed by atoms with E-state index in [4.69, 9.17) is 14.2 Å². The molecule has 2 saturated heterocycles. The highest BCUT2D eigenvalue weighted by Crippen LogP contribution is 2.29. The third kappa shape index (κ3) is 3.89. The maximum Gasteiger partial charge on any atom is 0.161 e. The summed E-state index contributed by atoms with van der Waals surface area (Å²) >= 11 is 0. The monoisotopic (exact) mass is 291 g/mol. The highest BCUT2D eigenvalue weighted by atomic mass is 16.5. The molecule has 2 fully saturated rings. The lowest BCUT2D eigenvalue weighted by Gasteiger charge is -2.33. The van der Waals surface area contributed by atoms with E-state index in [0.717, 1.165) is 56.6 Å². The molecule has 0 N–H and O–H groups in total. The molecule has 116 valence electrons. The Morgan fingerprint density at radius 1 is 1.14 bits per heavy atom. The predicted molar refractivity (Wildman–Crippen MR) is 82.0 cm³/mol. The van der Waals surface area contributed by atoms with Crippen LogP contribution in [-0.2, 0) is 4.74 Å². The molecule has 3 rings (SSSR count). The van der Waals surface area contributed by atoms with Crippen molar-refractivity contribution in [3.63, 3.8) is 0 Å². The number of hydrogen-bond donors (Lipinski definition) is 0. The summed E-state index contributed by atoms with van der Waals surface area (Å²) in [6.07, 6.45) is 3.70. The summed E-state index contributed by atoms with van der Waals surface area (Å²) in [7, 11) is 1.69. The molecule has 21 heavy (non-hydrogen) atoms. The number of methoxy groups -OCH3 is 1. The molecular weight excluding hydrogens is 266 g/mol. The molecule has 0 saturated carbocycles. The number of benzene rings is 1. The molecule has 4 heteroatoms. The highest BCUT2D eigenvalue weighted by Gasteiger charge is 2.25. The summed E-state index contributed by atoms with van der Waals surface area (Å²) in [5.74, 6) is 2.42. The normalized spacial score (nSPS) is 24.1. The first kappa shape index (κ1) is 14.7. The van der Waals surface area contributed by atoms with Gasteiger partial charge in [-0.3, -0.25) is 0 Å². The van der Waals surface area contributed by atoms with Gasteiger partial charge in [0.05, 0.1) is 13.7 Å². The fraction of sp³-hybridized carbons (Fsp3) is 0.647. The topological polar surface area (TPSA) is 30.9 Å². The van der Waals surface area contributed by atoms with E-state index in [2.05, 4.69) is 4.90 Å². The van der Waals surface area contributed by atoms with E-state index in [0.29, 0.717) is 6.10 Å². The Kier molecular flexibility index (Phi) is 4.99. The minimum Gasteiger partial charge on any atom is -0.493 e. The number of ether oxygens (including phenoxy) is 3. The molecule has 2 aliphatic heterocycles. The minimum atomic E-state index is 0.303. The third-order valence-corrected chi connectivity index (χ3v) is 4.44. The van der Waals surface area contributed by atoms with Crippen molar-refractivity contribution in [1.29, 1.82) is 0 Å². The number of nitrogens with zero attached hydrogens (tertiary/aromatic N) is 1. The Balaban J connectivity index is 1.47. The van der Waals surface area contributed by atoms with Gasteiger partial charge in [-0.25, -0.2) is 0 Å². The summed E-state index contributed by atoms with van der Waals surface area (Å²) in [5, 5.41) is 0. The Morgan fingerprint density at radius 2 is 1.90 bits per heavy atom.